The number of nitrogens with zero attached hydrogens (tertiary/aromatic N) is 4. The standard InChI is InChI=1S/C32H32N8O3/c1-39(2)31(41)22-5-10-26(11-6-22)36-32(42)35-25-8-3-21(4-9-25)29-37-28-19-23(24(20-34)13-14-33)7-12-27(28)30(38-29)40-15-17-43-18-16-40/h3-14,19-20,33-34H,15-18H2,1-2H3,(H2,35,36,42)/b24-13+,33-14?,34-20?. The number of carbonyl (C=O) groups excluding carboxylic acids is 2. The monoisotopic (exact) mass is 576 g/mol. The first kappa shape index (κ1) is 29.1. The first-order chi connectivity index (χ1) is 20.9. The van der Waals surface area contributed by atoms with Crippen molar-refractivity contribution in [1.82, 2.24) is 14.9 Å². The van der Waals surface area contributed by atoms with Crippen molar-refractivity contribution in [3.8, 4) is 11.4 Å². The average molecular weight is 577 g/mol. The van der Waals surface area contributed by atoms with Gasteiger partial charge in [0.2, 0.25) is 0 Å². The predicted molar refractivity (Wildman–Crippen MR) is 171 cm³/mol. The molecule has 0 atom stereocenters. The number of hydrogen-bond donors (Lipinski definition) is 4. The lowest BCUT2D eigenvalue weighted by atomic mass is 10.0. The second kappa shape index (κ2) is 13.0. The number of carbonyl (C=O) groups is 2. The van der Waals surface area contributed by atoms with E-state index < -0.39 is 6.03 Å². The van der Waals surface area contributed by atoms with E-state index in [0.717, 1.165) is 34.1 Å². The molecule has 1 aromatic heterocycles. The van der Waals surface area contributed by atoms with Crippen LogP contribution in [0.5, 0.6) is 0 Å². The third-order valence-corrected chi connectivity index (χ3v) is 6.94. The Morgan fingerprint density at radius 3 is 2.12 bits per heavy atom. The number of urea groups is 1. The van der Waals surface area contributed by atoms with Crippen LogP contribution in [0.4, 0.5) is 22.0 Å². The van der Waals surface area contributed by atoms with Crippen LogP contribution in [0, 0.1) is 10.8 Å². The highest BCUT2D eigenvalue weighted by Gasteiger charge is 2.19. The lowest BCUT2D eigenvalue weighted by molar-refractivity contribution is 0.0827. The number of amides is 3. The zero-order valence-electron chi connectivity index (χ0n) is 23.9. The zero-order chi connectivity index (χ0) is 30.3. The zero-order valence-corrected chi connectivity index (χ0v) is 23.9. The minimum atomic E-state index is -0.413. The van der Waals surface area contributed by atoms with Gasteiger partial charge >= 0.3 is 6.03 Å². The number of morpholine rings is 1. The number of allylic oxidation sites excluding steroid dienone is 2. The molecule has 1 fully saturated rings. The third kappa shape index (κ3) is 6.74. The quantitative estimate of drug-likeness (QED) is 0.213. The van der Waals surface area contributed by atoms with Crippen LogP contribution in [0.25, 0.3) is 27.9 Å². The van der Waals surface area contributed by atoms with Crippen molar-refractivity contribution in [2.75, 3.05) is 55.9 Å². The summed E-state index contributed by atoms with van der Waals surface area (Å²) in [5.41, 5.74) is 4.58. The van der Waals surface area contributed by atoms with Crippen LogP contribution in [0.3, 0.4) is 0 Å². The molecule has 4 aromatic rings. The molecule has 5 rings (SSSR count). The molecule has 0 bridgehead atoms. The Morgan fingerprint density at radius 2 is 1.51 bits per heavy atom. The van der Waals surface area contributed by atoms with Gasteiger partial charge in [0, 0.05) is 73.1 Å². The van der Waals surface area contributed by atoms with Gasteiger partial charge in [-0.3, -0.25) is 4.79 Å². The maximum atomic E-state index is 12.6. The number of hydrogen-bond acceptors (Lipinski definition) is 8. The molecule has 3 amide bonds. The van der Waals surface area contributed by atoms with Crippen molar-refractivity contribution < 1.29 is 14.3 Å². The van der Waals surface area contributed by atoms with Gasteiger partial charge in [-0.2, -0.15) is 0 Å². The van der Waals surface area contributed by atoms with E-state index in [1.54, 1.807) is 56.6 Å². The summed E-state index contributed by atoms with van der Waals surface area (Å²) in [6, 6.07) is 19.3. The van der Waals surface area contributed by atoms with E-state index in [1.165, 1.54) is 11.1 Å². The van der Waals surface area contributed by atoms with Gasteiger partial charge in [0.15, 0.2) is 5.82 Å². The Balaban J connectivity index is 1.38. The summed E-state index contributed by atoms with van der Waals surface area (Å²) in [6.45, 7) is 2.64. The summed E-state index contributed by atoms with van der Waals surface area (Å²) >= 11 is 0. The number of nitrogens with one attached hydrogen (secondary N) is 4. The minimum Gasteiger partial charge on any atom is -0.378 e. The van der Waals surface area contributed by atoms with Crippen LogP contribution < -0.4 is 15.5 Å². The fraction of sp³-hybridized carbons (Fsp3) is 0.188. The Bertz CT molecular complexity index is 1690. The van der Waals surface area contributed by atoms with E-state index in [-0.39, 0.29) is 5.91 Å². The molecule has 0 radical (unpaired) electrons. The van der Waals surface area contributed by atoms with Gasteiger partial charge < -0.3 is 36.0 Å². The van der Waals surface area contributed by atoms with Gasteiger partial charge in [-0.05, 0) is 72.3 Å². The Kier molecular flexibility index (Phi) is 8.82. The number of ether oxygens (including phenoxy) is 1. The maximum Gasteiger partial charge on any atom is 0.323 e. The lowest BCUT2D eigenvalue weighted by Gasteiger charge is -2.29. The van der Waals surface area contributed by atoms with Gasteiger partial charge in [0.05, 0.1) is 18.7 Å². The lowest BCUT2D eigenvalue weighted by Crippen LogP contribution is -2.37. The molecule has 0 spiro atoms. The van der Waals surface area contributed by atoms with Crippen LogP contribution in [-0.2, 0) is 4.74 Å². The van der Waals surface area contributed by atoms with Crippen LogP contribution in [0.1, 0.15) is 15.9 Å². The molecule has 4 N–H and O–H groups in total. The number of benzene rings is 3. The predicted octanol–water partition coefficient (Wildman–Crippen LogP) is 5.16. The molecule has 3 aromatic carbocycles. The Morgan fingerprint density at radius 1 is 0.884 bits per heavy atom. The summed E-state index contributed by atoms with van der Waals surface area (Å²) in [7, 11) is 3.37. The van der Waals surface area contributed by atoms with Crippen LogP contribution in [0.2, 0.25) is 0 Å². The van der Waals surface area contributed by atoms with Gasteiger partial charge in [0.1, 0.15) is 5.82 Å². The first-order valence-corrected chi connectivity index (χ1v) is 13.7. The SMILES string of the molecule is CN(C)C(=O)c1ccc(NC(=O)Nc2ccc(-c3nc(N4CCOCC4)c4ccc(/C(C=N)=C/C=N)cc4n3)cc2)cc1. The topological polar surface area (TPSA) is 147 Å². The smallest absolute Gasteiger partial charge is 0.323 e. The van der Waals surface area contributed by atoms with Crippen LogP contribution in [-0.4, -0.2) is 79.6 Å². The highest BCUT2D eigenvalue weighted by molar-refractivity contribution is 6.13. The van der Waals surface area contributed by atoms with Crippen molar-refractivity contribution in [2.24, 2.45) is 0 Å². The van der Waals surface area contributed by atoms with Crippen molar-refractivity contribution >= 4 is 58.0 Å². The van der Waals surface area contributed by atoms with Crippen molar-refractivity contribution in [1.29, 1.82) is 10.8 Å². The summed E-state index contributed by atoms with van der Waals surface area (Å²) in [5, 5.41) is 21.7. The Hall–Kier alpha value is -5.42. The molecule has 1 saturated heterocycles. The van der Waals surface area contributed by atoms with Gasteiger partial charge in [0.25, 0.3) is 5.91 Å². The molecule has 0 unspecified atom stereocenters. The molecule has 1 aliphatic rings. The molecule has 2 heterocycles. The number of fused-ring (bicyclic) bond motifs is 1. The second-order valence-electron chi connectivity index (χ2n) is 10.1. The van der Waals surface area contributed by atoms with Crippen molar-refractivity contribution in [2.45, 2.75) is 0 Å². The fourth-order valence-electron chi connectivity index (χ4n) is 4.71. The summed E-state index contributed by atoms with van der Waals surface area (Å²) in [4.78, 5) is 38.2. The summed E-state index contributed by atoms with van der Waals surface area (Å²) in [5.74, 6) is 1.23. The van der Waals surface area contributed by atoms with Gasteiger partial charge in [-0.1, -0.05) is 6.07 Å². The first-order valence-electron chi connectivity index (χ1n) is 13.7. The van der Waals surface area contributed by atoms with Crippen LogP contribution in [0.15, 0.2) is 72.8 Å². The van der Waals surface area contributed by atoms with E-state index in [2.05, 4.69) is 15.5 Å². The van der Waals surface area contributed by atoms with Crippen molar-refractivity contribution in [3.63, 3.8) is 0 Å². The number of rotatable bonds is 8. The number of anilines is 3. The molecule has 1 aliphatic heterocycles. The maximum absolute atomic E-state index is 12.6. The Labute approximate surface area is 249 Å². The van der Waals surface area contributed by atoms with E-state index in [1.807, 2.05) is 30.3 Å². The van der Waals surface area contributed by atoms with Crippen molar-refractivity contribution in [3.05, 3.63) is 83.9 Å². The van der Waals surface area contributed by atoms with E-state index in [0.29, 0.717) is 54.6 Å². The highest BCUT2D eigenvalue weighted by Crippen LogP contribution is 2.30. The normalized spacial score (nSPS) is 13.3. The number of aromatic nitrogens is 2. The van der Waals surface area contributed by atoms with Gasteiger partial charge in [-0.25, -0.2) is 14.8 Å². The molecule has 11 heteroatoms. The summed E-state index contributed by atoms with van der Waals surface area (Å²) < 4.78 is 5.55. The molecular formula is C32H32N8O3. The second-order valence-corrected chi connectivity index (χ2v) is 10.1. The molecular weight excluding hydrogens is 544 g/mol. The summed E-state index contributed by atoms with van der Waals surface area (Å²) in [6.07, 6.45) is 3.96. The average Bonchev–Trinajstić information content (AvgIpc) is 3.03. The highest BCUT2D eigenvalue weighted by atomic mass is 16.5. The molecule has 11 nitrogen and oxygen atoms in total. The van der Waals surface area contributed by atoms with Gasteiger partial charge in [-0.15, -0.1) is 0 Å². The fourth-order valence-corrected chi connectivity index (χ4v) is 4.71. The molecule has 218 valence electrons. The molecule has 0 aliphatic carbocycles. The molecule has 43 heavy (non-hydrogen) atoms. The largest absolute Gasteiger partial charge is 0.378 e. The minimum absolute atomic E-state index is 0.111. The van der Waals surface area contributed by atoms with Crippen LogP contribution >= 0.6 is 0 Å². The van der Waals surface area contributed by atoms with E-state index >= 15 is 0 Å². The van der Waals surface area contributed by atoms with E-state index in [9.17, 15) is 9.59 Å². The molecule has 0 saturated carbocycles. The third-order valence-electron chi connectivity index (χ3n) is 6.94. The van der Waals surface area contributed by atoms with E-state index in [4.69, 9.17) is 25.5 Å².